The number of sulfonamides is 1. The number of carbonyl (C=O) groups is 1. The van der Waals surface area contributed by atoms with Gasteiger partial charge >= 0.3 is 5.97 Å². The summed E-state index contributed by atoms with van der Waals surface area (Å²) in [6, 6.07) is 8.91. The van der Waals surface area contributed by atoms with Gasteiger partial charge in [-0.05, 0) is 36.4 Å². The summed E-state index contributed by atoms with van der Waals surface area (Å²) < 4.78 is 39.5. The minimum atomic E-state index is -3.98. The summed E-state index contributed by atoms with van der Waals surface area (Å²) in [5, 5.41) is 6.02. The van der Waals surface area contributed by atoms with Crippen molar-refractivity contribution in [2.24, 2.45) is 5.14 Å². The number of nitrogens with zero attached hydrogens (tertiary/aromatic N) is 1. The molecule has 1 fully saturated rings. The molecule has 0 unspecified atom stereocenters. The molecule has 0 bridgehead atoms. The van der Waals surface area contributed by atoms with Crippen LogP contribution in [0.1, 0.15) is 10.4 Å². The maximum Gasteiger partial charge on any atom is 0.340 e. The van der Waals surface area contributed by atoms with E-state index in [1.54, 1.807) is 18.2 Å². The number of hydrogen-bond donors (Lipinski definition) is 1. The molecule has 0 aromatic heterocycles. The van der Waals surface area contributed by atoms with Gasteiger partial charge in [0.15, 0.2) is 0 Å². The Morgan fingerprint density at radius 2 is 1.83 bits per heavy atom. The number of esters is 1. The number of benzene rings is 2. The van der Waals surface area contributed by atoms with Gasteiger partial charge in [-0.2, -0.15) is 0 Å². The fourth-order valence-corrected chi connectivity index (χ4v) is 3.89. The zero-order valence-electron chi connectivity index (χ0n) is 15.8. The predicted molar refractivity (Wildman–Crippen MR) is 113 cm³/mol. The topological polar surface area (TPSA) is 108 Å². The van der Waals surface area contributed by atoms with Crippen molar-refractivity contribution < 1.29 is 27.4 Å². The Kier molecular flexibility index (Phi) is 7.43. The number of carbonyl (C=O) groups excluding carboxylic acids is 1. The highest BCUT2D eigenvalue weighted by Crippen LogP contribution is 2.28. The maximum absolute atomic E-state index is 12.7. The summed E-state index contributed by atoms with van der Waals surface area (Å²) in [5.74, 6) is -0.282. The molecule has 0 spiro atoms. The Balaban J connectivity index is 1.71. The first-order valence-electron chi connectivity index (χ1n) is 9.00. The van der Waals surface area contributed by atoms with E-state index < -0.39 is 16.0 Å². The Morgan fingerprint density at radius 3 is 2.50 bits per heavy atom. The lowest BCUT2D eigenvalue weighted by atomic mass is 10.1. The molecule has 2 aromatic rings. The van der Waals surface area contributed by atoms with Crippen LogP contribution in [0.3, 0.4) is 0 Å². The molecule has 2 aromatic carbocycles. The first-order valence-corrected chi connectivity index (χ1v) is 11.3. The number of anilines is 1. The molecule has 8 nitrogen and oxygen atoms in total. The minimum Gasteiger partial charge on any atom is -0.488 e. The maximum atomic E-state index is 12.7. The monoisotopic (exact) mass is 474 g/mol. The number of halogens is 2. The summed E-state index contributed by atoms with van der Waals surface area (Å²) in [6.07, 6.45) is 0. The zero-order valence-corrected chi connectivity index (χ0v) is 18.2. The van der Waals surface area contributed by atoms with Gasteiger partial charge in [0.1, 0.15) is 19.0 Å². The molecule has 0 radical (unpaired) electrons. The normalized spacial score (nSPS) is 14.4. The second kappa shape index (κ2) is 9.84. The highest BCUT2D eigenvalue weighted by Gasteiger charge is 2.22. The van der Waals surface area contributed by atoms with Gasteiger partial charge in [0.05, 0.1) is 34.4 Å². The quantitative estimate of drug-likeness (QED) is 0.485. The first kappa shape index (κ1) is 22.6. The highest BCUT2D eigenvalue weighted by molar-refractivity contribution is 7.89. The molecular weight excluding hydrogens is 455 g/mol. The van der Waals surface area contributed by atoms with E-state index in [1.165, 1.54) is 18.2 Å². The molecule has 162 valence electrons. The lowest BCUT2D eigenvalue weighted by Crippen LogP contribution is -2.37. The van der Waals surface area contributed by atoms with Crippen LogP contribution in [0.5, 0.6) is 5.75 Å². The van der Waals surface area contributed by atoms with Crippen molar-refractivity contribution in [3.8, 4) is 5.75 Å². The van der Waals surface area contributed by atoms with Crippen molar-refractivity contribution >= 4 is 44.9 Å². The summed E-state index contributed by atoms with van der Waals surface area (Å²) in [7, 11) is -3.98. The van der Waals surface area contributed by atoms with Crippen molar-refractivity contribution in [2.45, 2.75) is 4.90 Å². The van der Waals surface area contributed by atoms with Crippen LogP contribution in [0.15, 0.2) is 41.3 Å². The molecule has 0 amide bonds. The SMILES string of the molecule is NS(=O)(=O)c1ccc(N2CCOCC2)c(C(=O)OCCOc2ccc(Cl)cc2Cl)c1. The molecule has 3 rings (SSSR count). The van der Waals surface area contributed by atoms with Crippen LogP contribution < -0.4 is 14.8 Å². The van der Waals surface area contributed by atoms with E-state index in [2.05, 4.69) is 0 Å². The Labute approximate surface area is 184 Å². The standard InChI is InChI=1S/C19H20Cl2N2O6S/c20-13-1-4-18(16(21)11-13)28-9-10-29-19(24)15-12-14(30(22,25)26)2-3-17(15)23-5-7-27-8-6-23/h1-4,11-12H,5-10H2,(H2,22,25,26). The van der Waals surface area contributed by atoms with Crippen molar-refractivity contribution in [2.75, 3.05) is 44.4 Å². The second-order valence-electron chi connectivity index (χ2n) is 6.38. The number of morpholine rings is 1. The molecule has 0 saturated carbocycles. The van der Waals surface area contributed by atoms with Gasteiger partial charge in [-0.3, -0.25) is 0 Å². The Bertz CT molecular complexity index is 1030. The predicted octanol–water partition coefficient (Wildman–Crippen LogP) is 2.71. The van der Waals surface area contributed by atoms with Crippen LogP contribution in [-0.2, 0) is 19.5 Å². The van der Waals surface area contributed by atoms with Crippen LogP contribution in [0.25, 0.3) is 0 Å². The van der Waals surface area contributed by atoms with Crippen LogP contribution in [0, 0.1) is 0 Å². The smallest absolute Gasteiger partial charge is 0.340 e. The third-order valence-corrected chi connectivity index (χ3v) is 5.78. The third kappa shape index (κ3) is 5.77. The minimum absolute atomic E-state index is 0.0505. The van der Waals surface area contributed by atoms with Gasteiger partial charge in [-0.1, -0.05) is 23.2 Å². The average Bonchev–Trinajstić information content (AvgIpc) is 2.72. The summed E-state index contributed by atoms with van der Waals surface area (Å²) >= 11 is 11.9. The zero-order chi connectivity index (χ0) is 21.7. The molecular formula is C19H20Cl2N2O6S. The first-order chi connectivity index (χ1) is 14.3. The van der Waals surface area contributed by atoms with Crippen molar-refractivity contribution in [1.82, 2.24) is 0 Å². The van der Waals surface area contributed by atoms with Gasteiger partial charge in [0.25, 0.3) is 0 Å². The van der Waals surface area contributed by atoms with Crippen LogP contribution >= 0.6 is 23.2 Å². The lowest BCUT2D eigenvalue weighted by Gasteiger charge is -2.30. The number of ether oxygens (including phenoxy) is 3. The van der Waals surface area contributed by atoms with E-state index in [1.807, 2.05) is 4.90 Å². The van der Waals surface area contributed by atoms with Gasteiger partial charge in [-0.25, -0.2) is 18.4 Å². The number of primary sulfonamides is 1. The molecule has 0 aliphatic carbocycles. The number of rotatable bonds is 7. The van der Waals surface area contributed by atoms with Crippen molar-refractivity contribution in [3.63, 3.8) is 0 Å². The molecule has 1 heterocycles. The Hall–Kier alpha value is -2.04. The van der Waals surface area contributed by atoms with E-state index in [0.29, 0.717) is 47.8 Å². The van der Waals surface area contributed by atoms with E-state index >= 15 is 0 Å². The second-order valence-corrected chi connectivity index (χ2v) is 8.79. The summed E-state index contributed by atoms with van der Waals surface area (Å²) in [5.41, 5.74) is 0.658. The largest absolute Gasteiger partial charge is 0.488 e. The van der Waals surface area contributed by atoms with E-state index in [-0.39, 0.29) is 23.7 Å². The third-order valence-electron chi connectivity index (χ3n) is 4.34. The van der Waals surface area contributed by atoms with E-state index in [4.69, 9.17) is 42.6 Å². The number of nitrogens with two attached hydrogens (primary N) is 1. The van der Waals surface area contributed by atoms with Gasteiger partial charge in [0, 0.05) is 18.1 Å². The fraction of sp³-hybridized carbons (Fsp3) is 0.316. The van der Waals surface area contributed by atoms with Gasteiger partial charge < -0.3 is 19.1 Å². The van der Waals surface area contributed by atoms with Gasteiger partial charge in [0.2, 0.25) is 10.0 Å². The number of hydrogen-bond acceptors (Lipinski definition) is 7. The molecule has 1 aliphatic heterocycles. The highest BCUT2D eigenvalue weighted by atomic mass is 35.5. The van der Waals surface area contributed by atoms with Crippen LogP contribution in [-0.4, -0.2) is 53.9 Å². The molecule has 0 atom stereocenters. The fourth-order valence-electron chi connectivity index (χ4n) is 2.89. The summed E-state index contributed by atoms with van der Waals surface area (Å²) in [4.78, 5) is 14.5. The van der Waals surface area contributed by atoms with E-state index in [0.717, 1.165) is 0 Å². The van der Waals surface area contributed by atoms with Crippen molar-refractivity contribution in [3.05, 3.63) is 52.0 Å². The van der Waals surface area contributed by atoms with Gasteiger partial charge in [-0.15, -0.1) is 0 Å². The molecule has 2 N–H and O–H groups in total. The molecule has 30 heavy (non-hydrogen) atoms. The lowest BCUT2D eigenvalue weighted by molar-refractivity contribution is 0.0450. The van der Waals surface area contributed by atoms with Crippen LogP contribution in [0.4, 0.5) is 5.69 Å². The average molecular weight is 475 g/mol. The summed E-state index contributed by atoms with van der Waals surface area (Å²) in [6.45, 7) is 2.11. The van der Waals surface area contributed by atoms with E-state index in [9.17, 15) is 13.2 Å². The molecule has 11 heteroatoms. The van der Waals surface area contributed by atoms with Crippen molar-refractivity contribution in [1.29, 1.82) is 0 Å². The molecule has 1 saturated heterocycles. The molecule has 1 aliphatic rings. The van der Waals surface area contributed by atoms with Crippen LogP contribution in [0.2, 0.25) is 10.0 Å². The Morgan fingerprint density at radius 1 is 1.10 bits per heavy atom.